The fourth-order valence-corrected chi connectivity index (χ4v) is 1.98. The molecule has 1 amide bonds. The first kappa shape index (κ1) is 19.5. The Labute approximate surface area is 141 Å². The summed E-state index contributed by atoms with van der Waals surface area (Å²) in [4.78, 5) is 35.2. The van der Waals surface area contributed by atoms with Crippen LogP contribution in [0.25, 0.3) is 0 Å². The number of carbonyl (C=O) groups excluding carboxylic acids is 2. The van der Waals surface area contributed by atoms with E-state index >= 15 is 0 Å². The molecule has 24 heavy (non-hydrogen) atoms. The predicted octanol–water partition coefficient (Wildman–Crippen LogP) is 2.38. The van der Waals surface area contributed by atoms with Crippen molar-refractivity contribution >= 4 is 18.0 Å². The number of carbonyl (C=O) groups is 3. The van der Waals surface area contributed by atoms with Crippen molar-refractivity contribution < 1.29 is 29.0 Å². The summed E-state index contributed by atoms with van der Waals surface area (Å²) in [5, 5.41) is 11.6. The number of hydrogen-bond donors (Lipinski definition) is 2. The Morgan fingerprint density at radius 3 is 2.38 bits per heavy atom. The van der Waals surface area contributed by atoms with Gasteiger partial charge in [-0.2, -0.15) is 0 Å². The molecule has 1 rings (SSSR count). The van der Waals surface area contributed by atoms with E-state index in [-0.39, 0.29) is 18.6 Å². The zero-order valence-electron chi connectivity index (χ0n) is 14.3. The van der Waals surface area contributed by atoms with Crippen molar-refractivity contribution in [3.63, 3.8) is 0 Å². The van der Waals surface area contributed by atoms with E-state index in [1.165, 1.54) is 0 Å². The summed E-state index contributed by atoms with van der Waals surface area (Å²) >= 11 is 0. The van der Waals surface area contributed by atoms with Crippen LogP contribution in [-0.2, 0) is 20.7 Å². The third-order valence-electron chi connectivity index (χ3n) is 2.93. The van der Waals surface area contributed by atoms with E-state index in [2.05, 4.69) is 5.32 Å². The monoisotopic (exact) mass is 337 g/mol. The lowest BCUT2D eigenvalue weighted by Crippen LogP contribution is -2.44. The molecule has 1 aromatic carbocycles. The minimum absolute atomic E-state index is 0.0659. The van der Waals surface area contributed by atoms with E-state index in [0.29, 0.717) is 5.56 Å². The van der Waals surface area contributed by atoms with Crippen LogP contribution < -0.4 is 5.32 Å². The molecule has 1 unspecified atom stereocenters. The molecule has 0 aromatic heterocycles. The van der Waals surface area contributed by atoms with Crippen LogP contribution in [0.4, 0.5) is 4.79 Å². The molecule has 1 atom stereocenters. The number of alkyl carbamates (subject to hydrolysis) is 1. The number of nitrogens with one attached hydrogen (secondary N) is 1. The van der Waals surface area contributed by atoms with Gasteiger partial charge in [-0.3, -0.25) is 0 Å². The van der Waals surface area contributed by atoms with Crippen LogP contribution in [0.1, 0.15) is 43.6 Å². The Bertz CT molecular complexity index is 605. The second kappa shape index (κ2) is 8.33. The second-order valence-corrected chi connectivity index (χ2v) is 6.12. The van der Waals surface area contributed by atoms with Crippen molar-refractivity contribution in [3.05, 3.63) is 35.4 Å². The molecule has 0 aliphatic carbocycles. The summed E-state index contributed by atoms with van der Waals surface area (Å²) in [5.74, 6) is -1.76. The van der Waals surface area contributed by atoms with E-state index < -0.39 is 29.7 Å². The van der Waals surface area contributed by atoms with Crippen molar-refractivity contribution in [2.75, 3.05) is 6.61 Å². The second-order valence-electron chi connectivity index (χ2n) is 6.12. The van der Waals surface area contributed by atoms with Gasteiger partial charge >= 0.3 is 18.0 Å². The van der Waals surface area contributed by atoms with Crippen molar-refractivity contribution in [3.8, 4) is 0 Å². The van der Waals surface area contributed by atoms with Crippen molar-refractivity contribution in [2.24, 2.45) is 0 Å². The van der Waals surface area contributed by atoms with Crippen LogP contribution in [0, 0.1) is 0 Å². The fourth-order valence-electron chi connectivity index (χ4n) is 1.98. The molecule has 0 aliphatic rings. The van der Waals surface area contributed by atoms with Crippen molar-refractivity contribution in [2.45, 2.75) is 45.8 Å². The number of carboxylic acids is 1. The number of aliphatic carboxylic acids is 1. The van der Waals surface area contributed by atoms with Gasteiger partial charge in [0.25, 0.3) is 0 Å². The topological polar surface area (TPSA) is 102 Å². The Kier molecular flexibility index (Phi) is 6.76. The number of rotatable bonds is 6. The number of ether oxygens (including phenoxy) is 2. The highest BCUT2D eigenvalue weighted by molar-refractivity contribution is 5.91. The van der Waals surface area contributed by atoms with E-state index in [1.807, 2.05) is 0 Å². The van der Waals surface area contributed by atoms with E-state index in [9.17, 15) is 19.5 Å². The molecule has 0 saturated carbocycles. The maximum Gasteiger partial charge on any atom is 0.408 e. The Morgan fingerprint density at radius 1 is 1.21 bits per heavy atom. The highest BCUT2D eigenvalue weighted by Gasteiger charge is 2.26. The zero-order valence-corrected chi connectivity index (χ0v) is 14.3. The van der Waals surface area contributed by atoms with Crippen LogP contribution in [0.2, 0.25) is 0 Å². The molecule has 132 valence electrons. The molecular weight excluding hydrogens is 314 g/mol. The van der Waals surface area contributed by atoms with Gasteiger partial charge in [-0.1, -0.05) is 18.2 Å². The molecule has 2 N–H and O–H groups in total. The standard InChI is InChI=1S/C17H23NO6/c1-5-23-15(21)12-9-7-6-8-11(12)10-13(14(19)20)18-16(22)24-17(2,3)4/h6-9,13H,5,10H2,1-4H3,(H,18,22)(H,19,20). The van der Waals surface area contributed by atoms with Crippen LogP contribution in [0.15, 0.2) is 24.3 Å². The Morgan fingerprint density at radius 2 is 1.83 bits per heavy atom. The lowest BCUT2D eigenvalue weighted by atomic mass is 10.0. The molecule has 7 heteroatoms. The van der Waals surface area contributed by atoms with Gasteiger partial charge in [0, 0.05) is 6.42 Å². The first-order chi connectivity index (χ1) is 11.1. The fraction of sp³-hybridized carbons (Fsp3) is 0.471. The number of benzene rings is 1. The summed E-state index contributed by atoms with van der Waals surface area (Å²) in [6.07, 6.45) is -0.896. The molecule has 0 radical (unpaired) electrons. The molecule has 0 saturated heterocycles. The molecule has 1 aromatic rings. The zero-order chi connectivity index (χ0) is 18.3. The first-order valence-electron chi connectivity index (χ1n) is 7.61. The highest BCUT2D eigenvalue weighted by atomic mass is 16.6. The van der Waals surface area contributed by atoms with Gasteiger partial charge in [0.05, 0.1) is 12.2 Å². The normalized spacial score (nSPS) is 12.2. The molecule has 0 fully saturated rings. The summed E-state index contributed by atoms with van der Waals surface area (Å²) < 4.78 is 10.0. The number of carboxylic acid groups (broad SMARTS) is 1. The smallest absolute Gasteiger partial charge is 0.408 e. The summed E-state index contributed by atoms with van der Waals surface area (Å²) in [6.45, 7) is 6.94. The predicted molar refractivity (Wildman–Crippen MR) is 86.9 cm³/mol. The van der Waals surface area contributed by atoms with Gasteiger partial charge in [-0.05, 0) is 39.3 Å². The largest absolute Gasteiger partial charge is 0.480 e. The number of amides is 1. The van der Waals surface area contributed by atoms with Gasteiger partial charge < -0.3 is 19.9 Å². The minimum atomic E-state index is -1.23. The van der Waals surface area contributed by atoms with Gasteiger partial charge in [0.2, 0.25) is 0 Å². The third-order valence-corrected chi connectivity index (χ3v) is 2.93. The quantitative estimate of drug-likeness (QED) is 0.773. The summed E-state index contributed by atoms with van der Waals surface area (Å²) in [7, 11) is 0. The highest BCUT2D eigenvalue weighted by Crippen LogP contribution is 2.14. The van der Waals surface area contributed by atoms with E-state index in [4.69, 9.17) is 9.47 Å². The number of hydrogen-bond acceptors (Lipinski definition) is 5. The summed E-state index contributed by atoms with van der Waals surface area (Å²) in [5.41, 5.74) is 0.00619. The molecule has 7 nitrogen and oxygen atoms in total. The van der Waals surface area contributed by atoms with Gasteiger partial charge in [0.1, 0.15) is 11.6 Å². The van der Waals surface area contributed by atoms with Crippen LogP contribution in [0.3, 0.4) is 0 Å². The Hall–Kier alpha value is -2.57. The van der Waals surface area contributed by atoms with Gasteiger partial charge in [0.15, 0.2) is 0 Å². The van der Waals surface area contributed by atoms with Crippen LogP contribution in [0.5, 0.6) is 0 Å². The molecule has 0 aliphatic heterocycles. The third kappa shape index (κ3) is 6.28. The number of esters is 1. The lowest BCUT2D eigenvalue weighted by Gasteiger charge is -2.22. The maximum atomic E-state index is 11.9. The lowest BCUT2D eigenvalue weighted by molar-refractivity contribution is -0.139. The summed E-state index contributed by atoms with van der Waals surface area (Å²) in [6, 6.07) is 5.30. The van der Waals surface area contributed by atoms with E-state index in [0.717, 1.165) is 0 Å². The van der Waals surface area contributed by atoms with Gasteiger partial charge in [-0.25, -0.2) is 14.4 Å². The molecule has 0 spiro atoms. The molecule has 0 bridgehead atoms. The van der Waals surface area contributed by atoms with E-state index in [1.54, 1.807) is 52.0 Å². The van der Waals surface area contributed by atoms with Crippen LogP contribution >= 0.6 is 0 Å². The van der Waals surface area contributed by atoms with Crippen LogP contribution in [-0.4, -0.2) is 41.4 Å². The minimum Gasteiger partial charge on any atom is -0.480 e. The van der Waals surface area contributed by atoms with Gasteiger partial charge in [-0.15, -0.1) is 0 Å². The Balaban J connectivity index is 2.92. The SMILES string of the molecule is CCOC(=O)c1ccccc1CC(NC(=O)OC(C)(C)C)C(=O)O. The van der Waals surface area contributed by atoms with Crippen molar-refractivity contribution in [1.82, 2.24) is 5.32 Å². The average Bonchev–Trinajstić information content (AvgIpc) is 2.45. The first-order valence-corrected chi connectivity index (χ1v) is 7.61. The maximum absolute atomic E-state index is 11.9. The molecule has 0 heterocycles. The molecular formula is C17H23NO6. The van der Waals surface area contributed by atoms with Crippen molar-refractivity contribution in [1.29, 1.82) is 0 Å². The average molecular weight is 337 g/mol.